The highest BCUT2D eigenvalue weighted by atomic mass is 19.1. The predicted molar refractivity (Wildman–Crippen MR) is 102 cm³/mol. The van der Waals surface area contributed by atoms with E-state index in [-0.39, 0.29) is 36.1 Å². The average molecular weight is 391 g/mol. The van der Waals surface area contributed by atoms with E-state index in [2.05, 4.69) is 30.0 Å². The smallest absolute Gasteiger partial charge is 0.325 e. The van der Waals surface area contributed by atoms with E-state index in [4.69, 9.17) is 0 Å². The first-order valence-corrected chi connectivity index (χ1v) is 8.79. The van der Waals surface area contributed by atoms with Crippen LogP contribution >= 0.6 is 0 Å². The van der Waals surface area contributed by atoms with Crippen LogP contribution in [0.4, 0.5) is 4.39 Å². The second-order valence-electron chi connectivity index (χ2n) is 6.43. The summed E-state index contributed by atoms with van der Waals surface area (Å²) < 4.78 is 15.7. The van der Waals surface area contributed by atoms with Gasteiger partial charge in [-0.2, -0.15) is 5.10 Å². The van der Waals surface area contributed by atoms with Gasteiger partial charge in [-0.15, -0.1) is 0 Å². The number of hydrogen-bond acceptors (Lipinski definition) is 6. The first-order chi connectivity index (χ1) is 14.1. The molecule has 5 rings (SSSR count). The van der Waals surface area contributed by atoms with E-state index >= 15 is 0 Å². The van der Waals surface area contributed by atoms with E-state index < -0.39 is 5.69 Å². The topological polar surface area (TPSA) is 125 Å². The van der Waals surface area contributed by atoms with E-state index in [0.717, 1.165) is 0 Å². The van der Waals surface area contributed by atoms with Gasteiger partial charge < -0.3 is 10.1 Å². The number of imidazole rings is 1. The summed E-state index contributed by atoms with van der Waals surface area (Å²) in [5.41, 5.74) is 1.86. The summed E-state index contributed by atoms with van der Waals surface area (Å²) in [5, 5.41) is 14.9. The van der Waals surface area contributed by atoms with Crippen molar-refractivity contribution in [2.24, 2.45) is 0 Å². The standard InChI is InChI=1S/C19H14FN7O2/c20-12-6-2-1-4-10(12)8-27-18-11(5-3-7-21-18)14(26-27)16-22-13(9-28)15-17(24-16)25-19(29)23-15/h1-7,28H,8-9H2,(H2,22,23,24,25,29). The minimum absolute atomic E-state index is 0.177. The summed E-state index contributed by atoms with van der Waals surface area (Å²) in [4.78, 5) is 29.9. The molecule has 0 unspecified atom stereocenters. The normalized spacial score (nSPS) is 11.5. The summed E-state index contributed by atoms with van der Waals surface area (Å²) >= 11 is 0. The third-order valence-corrected chi connectivity index (χ3v) is 4.60. The number of aromatic amines is 2. The van der Waals surface area contributed by atoms with Crippen LogP contribution in [0.3, 0.4) is 0 Å². The van der Waals surface area contributed by atoms with Crippen LogP contribution in [0.25, 0.3) is 33.7 Å². The van der Waals surface area contributed by atoms with Gasteiger partial charge in [-0.1, -0.05) is 18.2 Å². The van der Waals surface area contributed by atoms with Crippen molar-refractivity contribution in [1.82, 2.24) is 34.7 Å². The number of H-pyrrole nitrogens is 2. The number of pyridine rings is 1. The molecule has 0 radical (unpaired) electrons. The van der Waals surface area contributed by atoms with E-state index in [1.165, 1.54) is 6.07 Å². The van der Waals surface area contributed by atoms with Crippen molar-refractivity contribution in [1.29, 1.82) is 0 Å². The van der Waals surface area contributed by atoms with Crippen LogP contribution < -0.4 is 5.69 Å². The number of hydrogen-bond donors (Lipinski definition) is 3. The minimum Gasteiger partial charge on any atom is -0.390 e. The molecule has 0 aliphatic heterocycles. The van der Waals surface area contributed by atoms with Crippen molar-refractivity contribution in [3.63, 3.8) is 0 Å². The predicted octanol–water partition coefficient (Wildman–Crippen LogP) is 1.74. The third-order valence-electron chi connectivity index (χ3n) is 4.60. The largest absolute Gasteiger partial charge is 0.390 e. The Morgan fingerprint density at radius 1 is 1.10 bits per heavy atom. The van der Waals surface area contributed by atoms with E-state index in [0.29, 0.717) is 27.8 Å². The number of aromatic nitrogens is 7. The first-order valence-electron chi connectivity index (χ1n) is 8.79. The van der Waals surface area contributed by atoms with Crippen LogP contribution in [0, 0.1) is 5.82 Å². The number of nitrogens with zero attached hydrogens (tertiary/aromatic N) is 5. The van der Waals surface area contributed by atoms with Gasteiger partial charge in [0.2, 0.25) is 0 Å². The molecule has 1 aromatic carbocycles. The summed E-state index contributed by atoms with van der Waals surface area (Å²) in [6, 6.07) is 10.0. The van der Waals surface area contributed by atoms with Gasteiger partial charge in [-0.05, 0) is 18.2 Å². The van der Waals surface area contributed by atoms with Crippen LogP contribution in [0.1, 0.15) is 11.3 Å². The van der Waals surface area contributed by atoms with Crippen molar-refractivity contribution in [2.75, 3.05) is 0 Å². The Kier molecular flexibility index (Phi) is 3.91. The van der Waals surface area contributed by atoms with E-state index in [1.54, 1.807) is 35.1 Å². The van der Waals surface area contributed by atoms with Crippen LogP contribution in [0.5, 0.6) is 0 Å². The van der Waals surface area contributed by atoms with Crippen molar-refractivity contribution in [3.05, 3.63) is 70.2 Å². The van der Waals surface area contributed by atoms with Crippen molar-refractivity contribution >= 4 is 22.2 Å². The number of halogens is 1. The zero-order valence-electron chi connectivity index (χ0n) is 14.9. The lowest BCUT2D eigenvalue weighted by Crippen LogP contribution is -2.05. The van der Waals surface area contributed by atoms with Gasteiger partial charge in [0.05, 0.1) is 24.2 Å². The minimum atomic E-state index is -0.447. The Balaban J connectivity index is 1.71. The maximum Gasteiger partial charge on any atom is 0.325 e. The van der Waals surface area contributed by atoms with E-state index in [9.17, 15) is 14.3 Å². The molecule has 0 spiro atoms. The number of aliphatic hydroxyl groups is 1. The summed E-state index contributed by atoms with van der Waals surface area (Å²) in [6.45, 7) is -0.206. The lowest BCUT2D eigenvalue weighted by Gasteiger charge is -2.04. The van der Waals surface area contributed by atoms with E-state index in [1.807, 2.05) is 6.07 Å². The third kappa shape index (κ3) is 2.86. The Bertz CT molecular complexity index is 1420. The Labute approximate surface area is 161 Å². The Morgan fingerprint density at radius 2 is 1.97 bits per heavy atom. The molecule has 3 N–H and O–H groups in total. The zero-order valence-corrected chi connectivity index (χ0v) is 14.9. The molecule has 10 heteroatoms. The summed E-state index contributed by atoms with van der Waals surface area (Å²) in [5.74, 6) is -0.110. The molecule has 0 aliphatic carbocycles. The van der Waals surface area contributed by atoms with Gasteiger partial charge in [0.25, 0.3) is 0 Å². The molecule has 144 valence electrons. The maximum absolute atomic E-state index is 14.1. The number of nitrogens with one attached hydrogen (secondary N) is 2. The monoisotopic (exact) mass is 391 g/mol. The second-order valence-corrected chi connectivity index (χ2v) is 6.43. The van der Waals surface area contributed by atoms with Gasteiger partial charge in [-0.25, -0.2) is 28.8 Å². The van der Waals surface area contributed by atoms with Gasteiger partial charge in [0.1, 0.15) is 17.0 Å². The fourth-order valence-corrected chi connectivity index (χ4v) is 3.27. The highest BCUT2D eigenvalue weighted by molar-refractivity contribution is 5.90. The SMILES string of the molecule is O=c1[nH]c2nc(-c3nn(Cc4ccccc4F)c4ncccc34)nc(CO)c2[nH]1. The van der Waals surface area contributed by atoms with Crippen LogP contribution in [0.2, 0.25) is 0 Å². The van der Waals surface area contributed by atoms with Crippen molar-refractivity contribution in [3.8, 4) is 11.5 Å². The fraction of sp³-hybridized carbons (Fsp3) is 0.105. The molecule has 5 aromatic rings. The van der Waals surface area contributed by atoms with Crippen LogP contribution in [-0.4, -0.2) is 39.8 Å². The van der Waals surface area contributed by atoms with Gasteiger partial charge in [-0.3, -0.25) is 4.98 Å². The van der Waals surface area contributed by atoms with Gasteiger partial charge in [0, 0.05) is 11.8 Å². The molecule has 0 saturated carbocycles. The molecule has 29 heavy (non-hydrogen) atoms. The van der Waals surface area contributed by atoms with Crippen molar-refractivity contribution < 1.29 is 9.50 Å². The molecule has 0 amide bonds. The number of fused-ring (bicyclic) bond motifs is 2. The highest BCUT2D eigenvalue weighted by Crippen LogP contribution is 2.26. The molecule has 4 heterocycles. The fourth-order valence-electron chi connectivity index (χ4n) is 3.27. The zero-order chi connectivity index (χ0) is 20.0. The summed E-state index contributed by atoms with van der Waals surface area (Å²) in [6.07, 6.45) is 1.62. The van der Waals surface area contributed by atoms with Crippen molar-refractivity contribution in [2.45, 2.75) is 13.2 Å². The Morgan fingerprint density at radius 3 is 2.79 bits per heavy atom. The molecular formula is C19H14FN7O2. The quantitative estimate of drug-likeness (QED) is 0.428. The Hall–Kier alpha value is -3.92. The second kappa shape index (κ2) is 6.60. The van der Waals surface area contributed by atoms with Gasteiger partial charge in [0.15, 0.2) is 17.1 Å². The number of aliphatic hydroxyl groups excluding tert-OH is 1. The molecule has 0 saturated heterocycles. The number of benzene rings is 1. The molecule has 4 aromatic heterocycles. The van der Waals surface area contributed by atoms with Crippen LogP contribution in [0.15, 0.2) is 47.4 Å². The molecule has 0 fully saturated rings. The van der Waals surface area contributed by atoms with Gasteiger partial charge >= 0.3 is 5.69 Å². The molecule has 9 nitrogen and oxygen atoms in total. The molecule has 0 bridgehead atoms. The average Bonchev–Trinajstić information content (AvgIpc) is 3.29. The first kappa shape index (κ1) is 17.2. The molecule has 0 atom stereocenters. The maximum atomic E-state index is 14.1. The highest BCUT2D eigenvalue weighted by Gasteiger charge is 2.19. The summed E-state index contributed by atoms with van der Waals surface area (Å²) in [7, 11) is 0. The molecular weight excluding hydrogens is 377 g/mol. The molecule has 0 aliphatic rings. The number of rotatable bonds is 4. The lowest BCUT2D eigenvalue weighted by molar-refractivity contribution is 0.278. The van der Waals surface area contributed by atoms with Crippen LogP contribution in [-0.2, 0) is 13.2 Å². The lowest BCUT2D eigenvalue weighted by atomic mass is 10.2.